The Morgan fingerprint density at radius 3 is 2.48 bits per heavy atom. The summed E-state index contributed by atoms with van der Waals surface area (Å²) in [7, 11) is 0. The molecular weight excluding hydrogens is 316 g/mol. The molecule has 1 saturated heterocycles. The topological polar surface area (TPSA) is 78.9 Å². The Balaban J connectivity index is 2.56. The van der Waals surface area contributed by atoms with E-state index in [0.717, 1.165) is 17.9 Å². The summed E-state index contributed by atoms with van der Waals surface area (Å²) in [5.41, 5.74) is -1.08. The van der Waals surface area contributed by atoms with E-state index in [-0.39, 0.29) is 18.6 Å². The molecule has 0 aromatic carbocycles. The van der Waals surface area contributed by atoms with Gasteiger partial charge in [0.1, 0.15) is 5.60 Å². The molecule has 1 rings (SSSR count). The Morgan fingerprint density at radius 1 is 1.39 bits per heavy atom. The molecule has 0 aromatic heterocycles. The molecule has 1 aliphatic rings. The SMILES string of the molecule is CCSCCC(C)NC1(CC(=O)O)CN(C(=O)OC(C)(C)C)C1. The number of rotatable bonds is 8. The number of thioether (sulfide) groups is 1. The van der Waals surface area contributed by atoms with E-state index >= 15 is 0 Å². The van der Waals surface area contributed by atoms with Gasteiger partial charge in [0.2, 0.25) is 0 Å². The van der Waals surface area contributed by atoms with Gasteiger partial charge in [0.25, 0.3) is 0 Å². The summed E-state index contributed by atoms with van der Waals surface area (Å²) in [6.45, 7) is 10.4. The van der Waals surface area contributed by atoms with E-state index in [0.29, 0.717) is 13.1 Å². The lowest BCUT2D eigenvalue weighted by Crippen LogP contribution is -2.72. The fourth-order valence-electron chi connectivity index (χ4n) is 2.68. The number of aliphatic carboxylic acids is 1. The summed E-state index contributed by atoms with van der Waals surface area (Å²) in [5.74, 6) is 1.28. The molecule has 7 heteroatoms. The van der Waals surface area contributed by atoms with Crippen LogP contribution in [0.2, 0.25) is 0 Å². The number of carboxylic acids is 1. The van der Waals surface area contributed by atoms with Gasteiger partial charge in [-0.25, -0.2) is 4.79 Å². The molecule has 1 unspecified atom stereocenters. The zero-order valence-electron chi connectivity index (χ0n) is 14.8. The summed E-state index contributed by atoms with van der Waals surface area (Å²) in [4.78, 5) is 24.8. The van der Waals surface area contributed by atoms with Crippen molar-refractivity contribution in [2.75, 3.05) is 24.6 Å². The summed E-state index contributed by atoms with van der Waals surface area (Å²) in [6.07, 6.45) is 0.610. The molecule has 1 amide bonds. The maximum atomic E-state index is 12.0. The average Bonchev–Trinajstić information content (AvgIpc) is 2.32. The first-order valence-electron chi connectivity index (χ1n) is 8.12. The minimum atomic E-state index is -0.850. The van der Waals surface area contributed by atoms with Crippen LogP contribution in [0.5, 0.6) is 0 Å². The van der Waals surface area contributed by atoms with Gasteiger partial charge in [-0.1, -0.05) is 6.92 Å². The van der Waals surface area contributed by atoms with Crippen molar-refractivity contribution in [2.45, 2.75) is 64.6 Å². The number of carbonyl (C=O) groups is 2. The highest BCUT2D eigenvalue weighted by Gasteiger charge is 2.48. The second-order valence-corrected chi connectivity index (χ2v) is 8.61. The molecule has 6 nitrogen and oxygen atoms in total. The van der Waals surface area contributed by atoms with Crippen LogP contribution in [0.25, 0.3) is 0 Å². The molecule has 1 atom stereocenters. The van der Waals surface area contributed by atoms with Crippen molar-refractivity contribution in [3.63, 3.8) is 0 Å². The largest absolute Gasteiger partial charge is 0.481 e. The number of nitrogens with one attached hydrogen (secondary N) is 1. The summed E-state index contributed by atoms with van der Waals surface area (Å²) >= 11 is 1.87. The lowest BCUT2D eigenvalue weighted by atomic mass is 9.85. The van der Waals surface area contributed by atoms with Crippen LogP contribution in [0.3, 0.4) is 0 Å². The first-order chi connectivity index (χ1) is 10.6. The smallest absolute Gasteiger partial charge is 0.410 e. The normalized spacial score (nSPS) is 18.2. The molecule has 134 valence electrons. The lowest BCUT2D eigenvalue weighted by molar-refractivity contribution is -0.141. The summed E-state index contributed by atoms with van der Waals surface area (Å²) < 4.78 is 5.33. The van der Waals surface area contributed by atoms with E-state index in [4.69, 9.17) is 4.74 Å². The van der Waals surface area contributed by atoms with Crippen LogP contribution >= 0.6 is 11.8 Å². The molecular formula is C16H30N2O4S. The number of carbonyl (C=O) groups excluding carboxylic acids is 1. The fourth-order valence-corrected chi connectivity index (χ4v) is 3.49. The van der Waals surface area contributed by atoms with Crippen molar-refractivity contribution in [2.24, 2.45) is 0 Å². The Labute approximate surface area is 143 Å². The van der Waals surface area contributed by atoms with E-state index in [2.05, 4.69) is 19.2 Å². The van der Waals surface area contributed by atoms with Gasteiger partial charge < -0.3 is 20.1 Å². The Kier molecular flexibility index (Phi) is 7.20. The first-order valence-corrected chi connectivity index (χ1v) is 9.27. The molecule has 0 radical (unpaired) electrons. The number of nitrogens with zero attached hydrogens (tertiary/aromatic N) is 1. The van der Waals surface area contributed by atoms with Crippen LogP contribution in [-0.4, -0.2) is 63.8 Å². The number of hydrogen-bond donors (Lipinski definition) is 2. The van der Waals surface area contributed by atoms with Crippen molar-refractivity contribution in [1.82, 2.24) is 10.2 Å². The van der Waals surface area contributed by atoms with Crippen molar-refractivity contribution in [3.05, 3.63) is 0 Å². The minimum Gasteiger partial charge on any atom is -0.481 e. The number of likely N-dealkylation sites (tertiary alicyclic amines) is 1. The van der Waals surface area contributed by atoms with Gasteiger partial charge in [-0.05, 0) is 45.6 Å². The van der Waals surface area contributed by atoms with E-state index < -0.39 is 17.1 Å². The predicted octanol–water partition coefficient (Wildman–Crippen LogP) is 2.57. The van der Waals surface area contributed by atoms with Gasteiger partial charge in [-0.3, -0.25) is 4.79 Å². The van der Waals surface area contributed by atoms with Crippen LogP contribution < -0.4 is 5.32 Å². The van der Waals surface area contributed by atoms with Crippen LogP contribution in [0.4, 0.5) is 4.79 Å². The van der Waals surface area contributed by atoms with E-state index in [1.165, 1.54) is 0 Å². The molecule has 2 N–H and O–H groups in total. The molecule has 1 fully saturated rings. The average molecular weight is 346 g/mol. The quantitative estimate of drug-likeness (QED) is 0.658. The van der Waals surface area contributed by atoms with E-state index in [9.17, 15) is 14.7 Å². The Bertz CT molecular complexity index is 417. The molecule has 1 aliphatic heterocycles. The van der Waals surface area contributed by atoms with Crippen molar-refractivity contribution in [3.8, 4) is 0 Å². The standard InChI is InChI=1S/C16H30N2O4S/c1-6-23-8-7-12(2)17-16(9-13(19)20)10-18(11-16)14(21)22-15(3,4)5/h12,17H,6-11H2,1-5H3,(H,19,20). The molecule has 0 saturated carbocycles. The van der Waals surface area contributed by atoms with E-state index in [1.807, 2.05) is 32.5 Å². The molecule has 1 heterocycles. The monoisotopic (exact) mass is 346 g/mol. The Morgan fingerprint density at radius 2 is 2.00 bits per heavy atom. The van der Waals surface area contributed by atoms with Gasteiger partial charge in [-0.2, -0.15) is 11.8 Å². The third-order valence-corrected chi connectivity index (χ3v) is 4.51. The van der Waals surface area contributed by atoms with Crippen LogP contribution in [0.15, 0.2) is 0 Å². The van der Waals surface area contributed by atoms with Crippen molar-refractivity contribution < 1.29 is 19.4 Å². The van der Waals surface area contributed by atoms with Gasteiger partial charge in [-0.15, -0.1) is 0 Å². The number of amides is 1. The van der Waals surface area contributed by atoms with Crippen molar-refractivity contribution in [1.29, 1.82) is 0 Å². The number of carboxylic acid groups (broad SMARTS) is 1. The fraction of sp³-hybridized carbons (Fsp3) is 0.875. The highest BCUT2D eigenvalue weighted by Crippen LogP contribution is 2.28. The second-order valence-electron chi connectivity index (χ2n) is 7.22. The second kappa shape index (κ2) is 8.24. The maximum absolute atomic E-state index is 12.0. The third-order valence-electron chi connectivity index (χ3n) is 3.58. The van der Waals surface area contributed by atoms with Crippen LogP contribution in [-0.2, 0) is 9.53 Å². The zero-order chi connectivity index (χ0) is 17.7. The van der Waals surface area contributed by atoms with Crippen LogP contribution in [0.1, 0.15) is 47.5 Å². The number of hydrogen-bond acceptors (Lipinski definition) is 5. The third kappa shape index (κ3) is 6.99. The zero-order valence-corrected chi connectivity index (χ0v) is 15.7. The lowest BCUT2D eigenvalue weighted by Gasteiger charge is -2.51. The first kappa shape index (κ1) is 20.1. The highest BCUT2D eigenvalue weighted by molar-refractivity contribution is 7.99. The molecule has 0 aliphatic carbocycles. The van der Waals surface area contributed by atoms with Gasteiger partial charge in [0.15, 0.2) is 0 Å². The van der Waals surface area contributed by atoms with Gasteiger partial charge >= 0.3 is 12.1 Å². The van der Waals surface area contributed by atoms with Crippen molar-refractivity contribution >= 4 is 23.8 Å². The van der Waals surface area contributed by atoms with Gasteiger partial charge in [0.05, 0.1) is 12.0 Å². The number of ether oxygens (including phenoxy) is 1. The molecule has 0 aromatic rings. The summed E-state index contributed by atoms with van der Waals surface area (Å²) in [5, 5.41) is 12.6. The Hall–Kier alpha value is -0.950. The molecule has 0 bridgehead atoms. The maximum Gasteiger partial charge on any atom is 0.410 e. The molecule has 23 heavy (non-hydrogen) atoms. The summed E-state index contributed by atoms with van der Waals surface area (Å²) in [6, 6.07) is 0.217. The predicted molar refractivity (Wildman–Crippen MR) is 93.0 cm³/mol. The molecule has 0 spiro atoms. The highest BCUT2D eigenvalue weighted by atomic mass is 32.2. The van der Waals surface area contributed by atoms with Gasteiger partial charge in [0, 0.05) is 19.1 Å². The van der Waals surface area contributed by atoms with Crippen LogP contribution in [0, 0.1) is 0 Å². The van der Waals surface area contributed by atoms with E-state index in [1.54, 1.807) is 4.90 Å². The minimum absolute atomic E-state index is 0.0115.